The summed E-state index contributed by atoms with van der Waals surface area (Å²) in [6.45, 7) is 11.2. The van der Waals surface area contributed by atoms with Gasteiger partial charge in [0.1, 0.15) is 18.2 Å². The van der Waals surface area contributed by atoms with Crippen LogP contribution in [-0.2, 0) is 14.3 Å². The van der Waals surface area contributed by atoms with E-state index < -0.39 is 17.7 Å². The van der Waals surface area contributed by atoms with Crippen LogP contribution in [0.15, 0.2) is 42.5 Å². The number of ether oxygens (including phenoxy) is 1. The summed E-state index contributed by atoms with van der Waals surface area (Å²) in [6.07, 6.45) is 1.88. The molecular formula is C28H38ClN3O4. The smallest absolute Gasteiger partial charge is 0.408 e. The van der Waals surface area contributed by atoms with Crippen molar-refractivity contribution < 1.29 is 19.1 Å². The van der Waals surface area contributed by atoms with E-state index in [1.807, 2.05) is 50.2 Å². The van der Waals surface area contributed by atoms with E-state index in [4.69, 9.17) is 16.3 Å². The highest BCUT2D eigenvalue weighted by Gasteiger charge is 2.32. The van der Waals surface area contributed by atoms with Crippen molar-refractivity contribution in [2.45, 2.75) is 72.4 Å². The van der Waals surface area contributed by atoms with Crippen molar-refractivity contribution in [3.8, 4) is 0 Å². The van der Waals surface area contributed by atoms with E-state index in [1.54, 1.807) is 26.8 Å². The second kappa shape index (κ2) is 13.3. The average Bonchev–Trinajstić information content (AvgIpc) is 2.78. The van der Waals surface area contributed by atoms with E-state index in [1.165, 1.54) is 4.90 Å². The third-order valence-corrected chi connectivity index (χ3v) is 5.81. The number of para-hydroxylation sites is 1. The molecule has 7 nitrogen and oxygen atoms in total. The molecule has 0 aliphatic heterocycles. The van der Waals surface area contributed by atoms with Gasteiger partial charge in [0.2, 0.25) is 5.91 Å². The Hall–Kier alpha value is -3.06. The zero-order valence-electron chi connectivity index (χ0n) is 22.1. The summed E-state index contributed by atoms with van der Waals surface area (Å²) < 4.78 is 5.27. The molecule has 0 aliphatic carbocycles. The largest absolute Gasteiger partial charge is 0.444 e. The lowest BCUT2D eigenvalue weighted by Crippen LogP contribution is -2.47. The molecule has 2 N–H and O–H groups in total. The number of amides is 3. The molecule has 2 aromatic rings. The second-order valence-corrected chi connectivity index (χ2v) is 10.3. The number of anilines is 1. The second-order valence-electron chi connectivity index (χ2n) is 9.89. The molecule has 0 heterocycles. The van der Waals surface area contributed by atoms with Gasteiger partial charge in [-0.3, -0.25) is 9.59 Å². The number of halogens is 1. The van der Waals surface area contributed by atoms with E-state index in [-0.39, 0.29) is 18.4 Å². The number of carbonyl (C=O) groups is 3. The number of hydrogen-bond donors (Lipinski definition) is 2. The van der Waals surface area contributed by atoms with Gasteiger partial charge in [0.15, 0.2) is 0 Å². The Balaban J connectivity index is 2.40. The molecule has 0 spiro atoms. The number of hydrogen-bond acceptors (Lipinski definition) is 4. The van der Waals surface area contributed by atoms with Gasteiger partial charge in [-0.25, -0.2) is 4.79 Å². The fraction of sp³-hybridized carbons (Fsp3) is 0.464. The van der Waals surface area contributed by atoms with Gasteiger partial charge < -0.3 is 20.3 Å². The number of rotatable bonds is 10. The van der Waals surface area contributed by atoms with Gasteiger partial charge in [-0.15, -0.1) is 0 Å². The highest BCUT2D eigenvalue weighted by molar-refractivity contribution is 6.34. The first kappa shape index (κ1) is 29.2. The topological polar surface area (TPSA) is 87.7 Å². The first-order valence-electron chi connectivity index (χ1n) is 12.3. The normalized spacial score (nSPS) is 12.0. The molecule has 0 saturated carbocycles. The fourth-order valence-corrected chi connectivity index (χ4v) is 4.06. The molecular weight excluding hydrogens is 478 g/mol. The lowest BCUT2D eigenvalue weighted by atomic mass is 10.0. The van der Waals surface area contributed by atoms with Gasteiger partial charge in [0, 0.05) is 6.54 Å². The number of unbranched alkanes of at least 4 members (excludes halogenated alkanes) is 2. The van der Waals surface area contributed by atoms with Crippen LogP contribution >= 0.6 is 11.6 Å². The van der Waals surface area contributed by atoms with Crippen molar-refractivity contribution in [3.05, 3.63) is 64.2 Å². The summed E-state index contributed by atoms with van der Waals surface area (Å²) in [6, 6.07) is 12.0. The fourth-order valence-electron chi connectivity index (χ4n) is 3.79. The summed E-state index contributed by atoms with van der Waals surface area (Å²) >= 11 is 6.37. The summed E-state index contributed by atoms with van der Waals surface area (Å²) in [5.41, 5.74) is 2.28. The Morgan fingerprint density at radius 3 is 2.36 bits per heavy atom. The van der Waals surface area contributed by atoms with Crippen LogP contribution in [0, 0.1) is 13.8 Å². The van der Waals surface area contributed by atoms with Gasteiger partial charge in [-0.1, -0.05) is 73.3 Å². The Bertz CT molecular complexity index is 1040. The Kier molecular flexibility index (Phi) is 10.8. The van der Waals surface area contributed by atoms with Gasteiger partial charge in [-0.05, 0) is 58.2 Å². The van der Waals surface area contributed by atoms with Crippen LogP contribution in [0.1, 0.15) is 69.7 Å². The molecule has 196 valence electrons. The molecule has 1 unspecified atom stereocenters. The van der Waals surface area contributed by atoms with Crippen LogP contribution in [0.4, 0.5) is 10.5 Å². The highest BCUT2D eigenvalue weighted by Crippen LogP contribution is 2.29. The Labute approximate surface area is 219 Å². The molecule has 0 aliphatic rings. The van der Waals surface area contributed by atoms with E-state index in [0.717, 1.165) is 30.4 Å². The number of nitrogens with zero attached hydrogens (tertiary/aromatic N) is 1. The maximum Gasteiger partial charge on any atom is 0.408 e. The molecule has 0 aromatic heterocycles. The number of aryl methyl sites for hydroxylation is 2. The van der Waals surface area contributed by atoms with Gasteiger partial charge in [0.25, 0.3) is 5.91 Å². The lowest BCUT2D eigenvalue weighted by molar-refractivity contribution is -0.138. The summed E-state index contributed by atoms with van der Waals surface area (Å²) in [7, 11) is 0. The molecule has 1 atom stereocenters. The van der Waals surface area contributed by atoms with Crippen molar-refractivity contribution in [2.24, 2.45) is 0 Å². The number of nitrogens with one attached hydrogen (secondary N) is 2. The zero-order chi connectivity index (χ0) is 26.9. The van der Waals surface area contributed by atoms with Crippen molar-refractivity contribution in [2.75, 3.05) is 18.4 Å². The first-order chi connectivity index (χ1) is 16.9. The SMILES string of the molecule is CCCCCN(C(=O)CNC(=O)OC(C)(C)C)C(C(=O)Nc1c(C)cccc1Cl)c1cccc(C)c1. The van der Waals surface area contributed by atoms with Crippen molar-refractivity contribution in [1.29, 1.82) is 0 Å². The van der Waals surface area contributed by atoms with Crippen LogP contribution in [0.3, 0.4) is 0 Å². The van der Waals surface area contributed by atoms with Crippen molar-refractivity contribution in [3.63, 3.8) is 0 Å². The van der Waals surface area contributed by atoms with E-state index >= 15 is 0 Å². The van der Waals surface area contributed by atoms with Gasteiger partial charge in [0.05, 0.1) is 10.7 Å². The quantitative estimate of drug-likeness (QED) is 0.370. The van der Waals surface area contributed by atoms with Crippen LogP contribution in [0.25, 0.3) is 0 Å². The van der Waals surface area contributed by atoms with Crippen LogP contribution in [-0.4, -0.2) is 41.5 Å². The van der Waals surface area contributed by atoms with Crippen LogP contribution in [0.2, 0.25) is 5.02 Å². The minimum atomic E-state index is -0.912. The molecule has 2 rings (SSSR count). The third-order valence-electron chi connectivity index (χ3n) is 5.49. The van der Waals surface area contributed by atoms with Gasteiger partial charge >= 0.3 is 6.09 Å². The maximum absolute atomic E-state index is 13.8. The molecule has 0 saturated heterocycles. The predicted molar refractivity (Wildman–Crippen MR) is 144 cm³/mol. The van der Waals surface area contributed by atoms with E-state index in [2.05, 4.69) is 17.6 Å². The molecule has 0 radical (unpaired) electrons. The van der Waals surface area contributed by atoms with Crippen LogP contribution in [0.5, 0.6) is 0 Å². The Morgan fingerprint density at radius 1 is 1.06 bits per heavy atom. The third kappa shape index (κ3) is 8.86. The monoisotopic (exact) mass is 515 g/mol. The molecule has 3 amide bonds. The molecule has 2 aromatic carbocycles. The minimum absolute atomic E-state index is 0.290. The molecule has 8 heteroatoms. The number of benzene rings is 2. The summed E-state index contributed by atoms with van der Waals surface area (Å²) in [5, 5.41) is 5.89. The molecule has 36 heavy (non-hydrogen) atoms. The summed E-state index contributed by atoms with van der Waals surface area (Å²) in [5.74, 6) is -0.756. The maximum atomic E-state index is 13.8. The standard InChI is InChI=1S/C28H38ClN3O4/c1-7-8-9-16-32(23(33)18-30-27(35)36-28(4,5)6)25(21-14-10-12-19(2)17-21)26(34)31-24-20(3)13-11-15-22(24)29/h10-15,17,25H,7-9,16,18H2,1-6H3,(H,30,35)(H,31,34). The zero-order valence-corrected chi connectivity index (χ0v) is 22.9. The minimum Gasteiger partial charge on any atom is -0.444 e. The average molecular weight is 516 g/mol. The van der Waals surface area contributed by atoms with E-state index in [0.29, 0.717) is 22.8 Å². The van der Waals surface area contributed by atoms with Gasteiger partial charge in [-0.2, -0.15) is 0 Å². The van der Waals surface area contributed by atoms with Crippen molar-refractivity contribution in [1.82, 2.24) is 10.2 Å². The molecule has 0 fully saturated rings. The highest BCUT2D eigenvalue weighted by atomic mass is 35.5. The molecule has 0 bridgehead atoms. The first-order valence-corrected chi connectivity index (χ1v) is 12.7. The van der Waals surface area contributed by atoms with Crippen LogP contribution < -0.4 is 10.6 Å². The number of carbonyl (C=O) groups excluding carboxylic acids is 3. The Morgan fingerprint density at radius 2 is 1.75 bits per heavy atom. The lowest BCUT2D eigenvalue weighted by Gasteiger charge is -2.32. The van der Waals surface area contributed by atoms with E-state index in [9.17, 15) is 14.4 Å². The summed E-state index contributed by atoms with van der Waals surface area (Å²) in [4.78, 5) is 40.9. The number of alkyl carbamates (subject to hydrolysis) is 1. The predicted octanol–water partition coefficient (Wildman–Crippen LogP) is 6.18. The van der Waals surface area contributed by atoms with Crippen molar-refractivity contribution >= 4 is 35.2 Å².